The molecule has 1 aliphatic carbocycles. The van der Waals surface area contributed by atoms with Gasteiger partial charge in [0.2, 0.25) is 5.91 Å². The number of aryl methyl sites for hydroxylation is 1. The lowest BCUT2D eigenvalue weighted by atomic mass is 9.89. The van der Waals surface area contributed by atoms with Gasteiger partial charge in [-0.25, -0.2) is 9.59 Å². The Labute approximate surface area is 313 Å². The van der Waals surface area contributed by atoms with Crippen LogP contribution in [-0.4, -0.2) is 82.9 Å². The quantitative estimate of drug-likeness (QED) is 0.0264. The van der Waals surface area contributed by atoms with Crippen molar-refractivity contribution in [2.45, 2.75) is 76.2 Å². The van der Waals surface area contributed by atoms with Crippen LogP contribution in [0.25, 0.3) is 6.08 Å². The number of ether oxygens (including phenoxy) is 3. The summed E-state index contributed by atoms with van der Waals surface area (Å²) < 4.78 is 15.5. The molecule has 288 valence electrons. The van der Waals surface area contributed by atoms with Crippen LogP contribution in [0.5, 0.6) is 11.5 Å². The van der Waals surface area contributed by atoms with Crippen LogP contribution in [0.4, 0.5) is 0 Å². The number of unbranched alkanes of at least 4 members (excludes halogenated alkanes) is 1. The third-order valence-electron chi connectivity index (χ3n) is 8.50. The second-order valence-corrected chi connectivity index (χ2v) is 12.9. The number of halogens is 1. The van der Waals surface area contributed by atoms with Gasteiger partial charge < -0.3 is 39.7 Å². The molecule has 4 N–H and O–H groups in total. The Balaban J connectivity index is 1.38. The Morgan fingerprint density at radius 3 is 2.62 bits per heavy atom. The van der Waals surface area contributed by atoms with E-state index in [-0.39, 0.29) is 48.7 Å². The number of nitrogens with one attached hydrogen (secondary N) is 1. The van der Waals surface area contributed by atoms with E-state index >= 15 is 0 Å². The van der Waals surface area contributed by atoms with Crippen LogP contribution < -0.4 is 14.8 Å². The molecule has 1 fully saturated rings. The standard InChI is InChI=1S/C38H47ClN2O12/c1-25(38(47)53-34-18-13-27(23-35(34)50-2)14-19-37(46)51-20-21-52-41(48)49)40-36(45)11-6-4-3-5-10-30-31(33(44)24-32(30)43)17-16-29(42)15-12-26-8-7-9-28(39)22-26/h3,5,7-9,13-14,16-19,22-23,25,29-33,42-44H,4,6,10-12,15,20-21,24H2,1-2H3,(H,40,45)/b5-3-,17-16+,19-14+/t25?,29-,30+,31+,32-,33+/m0/s1. The number of carbonyl (C=O) groups is 3. The lowest BCUT2D eigenvalue weighted by Crippen LogP contribution is -2.40. The molecule has 53 heavy (non-hydrogen) atoms. The van der Waals surface area contributed by atoms with Gasteiger partial charge in [-0.15, -0.1) is 10.1 Å². The zero-order valence-electron chi connectivity index (χ0n) is 29.7. The van der Waals surface area contributed by atoms with E-state index in [2.05, 4.69) is 10.2 Å². The Morgan fingerprint density at radius 2 is 1.89 bits per heavy atom. The number of allylic oxidation sites excluding steroid dienone is 2. The molecule has 0 bridgehead atoms. The maximum atomic E-state index is 12.7. The van der Waals surface area contributed by atoms with E-state index < -0.39 is 48.0 Å². The second kappa shape index (κ2) is 22.3. The van der Waals surface area contributed by atoms with Gasteiger partial charge in [0.1, 0.15) is 19.3 Å². The van der Waals surface area contributed by atoms with Gasteiger partial charge in [-0.05, 0) is 86.4 Å². The fourth-order valence-electron chi connectivity index (χ4n) is 5.73. The number of hydrogen-bond acceptors (Lipinski definition) is 12. The van der Waals surface area contributed by atoms with Crippen molar-refractivity contribution in [2.24, 2.45) is 11.8 Å². The van der Waals surface area contributed by atoms with Crippen molar-refractivity contribution >= 4 is 35.5 Å². The molecule has 1 amide bonds. The molecule has 0 spiro atoms. The monoisotopic (exact) mass is 758 g/mol. The molecular weight excluding hydrogens is 712 g/mol. The van der Waals surface area contributed by atoms with Crippen molar-refractivity contribution in [3.63, 3.8) is 0 Å². The number of benzene rings is 2. The van der Waals surface area contributed by atoms with Gasteiger partial charge in [-0.3, -0.25) is 4.79 Å². The van der Waals surface area contributed by atoms with Crippen molar-refractivity contribution in [3.05, 3.63) is 99.1 Å². The fourth-order valence-corrected chi connectivity index (χ4v) is 5.94. The van der Waals surface area contributed by atoms with Crippen LogP contribution in [0.15, 0.2) is 72.8 Å². The smallest absolute Gasteiger partial charge is 0.333 e. The van der Waals surface area contributed by atoms with Crippen molar-refractivity contribution in [1.82, 2.24) is 5.32 Å². The summed E-state index contributed by atoms with van der Waals surface area (Å²) in [7, 11) is 1.37. The predicted molar refractivity (Wildman–Crippen MR) is 195 cm³/mol. The van der Waals surface area contributed by atoms with Crippen LogP contribution in [0.1, 0.15) is 56.6 Å². The van der Waals surface area contributed by atoms with Gasteiger partial charge in [0, 0.05) is 29.9 Å². The van der Waals surface area contributed by atoms with Crippen molar-refractivity contribution in [2.75, 3.05) is 20.3 Å². The number of carbonyl (C=O) groups excluding carboxylic acids is 3. The van der Waals surface area contributed by atoms with Gasteiger partial charge in [-0.1, -0.05) is 54.1 Å². The molecule has 6 atom stereocenters. The van der Waals surface area contributed by atoms with Gasteiger partial charge in [-0.2, -0.15) is 0 Å². The minimum absolute atomic E-state index is 0.100. The fraction of sp³-hybridized carbons (Fsp3) is 0.447. The maximum Gasteiger partial charge on any atom is 0.333 e. The predicted octanol–water partition coefficient (Wildman–Crippen LogP) is 4.55. The van der Waals surface area contributed by atoms with Gasteiger partial charge in [0.05, 0.1) is 25.4 Å². The zero-order chi connectivity index (χ0) is 38.8. The van der Waals surface area contributed by atoms with Crippen LogP contribution in [0.3, 0.4) is 0 Å². The van der Waals surface area contributed by atoms with Crippen LogP contribution >= 0.6 is 11.6 Å². The molecular formula is C38H47ClN2O12. The number of methoxy groups -OCH3 is 1. The summed E-state index contributed by atoms with van der Waals surface area (Å²) in [4.78, 5) is 51.2. The average Bonchev–Trinajstić information content (AvgIpc) is 3.39. The van der Waals surface area contributed by atoms with E-state index in [1.165, 1.54) is 32.2 Å². The van der Waals surface area contributed by atoms with Crippen molar-refractivity contribution in [3.8, 4) is 11.5 Å². The first-order valence-electron chi connectivity index (χ1n) is 17.3. The molecule has 0 aliphatic heterocycles. The number of aliphatic hydroxyl groups excluding tert-OH is 3. The van der Waals surface area contributed by atoms with Gasteiger partial charge >= 0.3 is 11.9 Å². The average molecular weight is 759 g/mol. The number of hydrogen-bond donors (Lipinski definition) is 4. The molecule has 0 aromatic heterocycles. The highest BCUT2D eigenvalue weighted by Crippen LogP contribution is 2.36. The third-order valence-corrected chi connectivity index (χ3v) is 8.74. The van der Waals surface area contributed by atoms with E-state index in [4.69, 9.17) is 25.8 Å². The summed E-state index contributed by atoms with van der Waals surface area (Å²) in [6.07, 6.45) is 11.0. The van der Waals surface area contributed by atoms with E-state index in [0.717, 1.165) is 11.6 Å². The van der Waals surface area contributed by atoms with E-state index in [0.29, 0.717) is 42.7 Å². The van der Waals surface area contributed by atoms with Crippen LogP contribution in [0, 0.1) is 22.0 Å². The van der Waals surface area contributed by atoms with Crippen LogP contribution in [0.2, 0.25) is 5.02 Å². The number of aliphatic hydroxyl groups is 3. The summed E-state index contributed by atoms with van der Waals surface area (Å²) >= 11 is 6.04. The Morgan fingerprint density at radius 1 is 1.09 bits per heavy atom. The van der Waals surface area contributed by atoms with E-state index in [1.807, 2.05) is 30.4 Å². The molecule has 1 unspecified atom stereocenters. The van der Waals surface area contributed by atoms with E-state index in [1.54, 1.807) is 24.3 Å². The third kappa shape index (κ3) is 15.4. The number of nitrogens with zero attached hydrogens (tertiary/aromatic N) is 1. The SMILES string of the molecule is COc1cc(/C=C/C(=O)OCCO[N+](=O)[O-])ccc1OC(=O)C(C)NC(=O)CCC/C=C\C[C@@H]1[C@@H](/C=C/[C@@H](O)CCc2cccc(Cl)c2)[C@H](O)C[C@@H]1O. The first kappa shape index (κ1) is 42.7. The molecule has 14 nitrogen and oxygen atoms in total. The molecule has 0 saturated heterocycles. The normalized spacial score (nSPS) is 19.7. The number of esters is 2. The highest BCUT2D eigenvalue weighted by atomic mass is 35.5. The minimum atomic E-state index is -0.990. The molecule has 15 heteroatoms. The lowest BCUT2D eigenvalue weighted by Gasteiger charge is -2.19. The van der Waals surface area contributed by atoms with E-state index in [9.17, 15) is 39.8 Å². The van der Waals surface area contributed by atoms with Crippen molar-refractivity contribution < 1.29 is 53.8 Å². The molecule has 3 rings (SSSR count). The molecule has 1 saturated carbocycles. The highest BCUT2D eigenvalue weighted by molar-refractivity contribution is 6.30. The largest absolute Gasteiger partial charge is 0.493 e. The number of rotatable bonds is 21. The first-order valence-corrected chi connectivity index (χ1v) is 17.7. The minimum Gasteiger partial charge on any atom is -0.493 e. The maximum absolute atomic E-state index is 12.7. The first-order chi connectivity index (χ1) is 25.4. The highest BCUT2D eigenvalue weighted by Gasteiger charge is 2.39. The topological polar surface area (TPSA) is 204 Å². The molecule has 1 aliphatic rings. The summed E-state index contributed by atoms with van der Waals surface area (Å²) in [5.41, 5.74) is 1.54. The summed E-state index contributed by atoms with van der Waals surface area (Å²) in [6, 6.07) is 11.1. The van der Waals surface area contributed by atoms with Gasteiger partial charge in [0.25, 0.3) is 5.09 Å². The zero-order valence-corrected chi connectivity index (χ0v) is 30.4. The Bertz CT molecular complexity index is 1610. The molecule has 2 aromatic carbocycles. The second-order valence-electron chi connectivity index (χ2n) is 12.5. The summed E-state index contributed by atoms with van der Waals surface area (Å²) in [6.45, 7) is 0.808. The Hall–Kier alpha value is -4.76. The van der Waals surface area contributed by atoms with Gasteiger partial charge in [0.15, 0.2) is 11.5 Å². The lowest BCUT2D eigenvalue weighted by molar-refractivity contribution is -0.757. The summed E-state index contributed by atoms with van der Waals surface area (Å²) in [5, 5.41) is 44.0. The molecule has 0 heterocycles. The Kier molecular flexibility index (Phi) is 18.0. The summed E-state index contributed by atoms with van der Waals surface area (Å²) in [5.74, 6) is -2.00. The van der Waals surface area contributed by atoms with Crippen molar-refractivity contribution in [1.29, 1.82) is 0 Å². The van der Waals surface area contributed by atoms with Crippen LogP contribution in [-0.2, 0) is 30.4 Å². The molecule has 0 radical (unpaired) electrons. The molecule has 2 aromatic rings. The number of amides is 1.